The highest BCUT2D eigenvalue weighted by molar-refractivity contribution is 5.41. The minimum atomic E-state index is -2.56. The molecule has 0 heterocycles. The summed E-state index contributed by atoms with van der Waals surface area (Å²) < 4.78 is 27.2. The summed E-state index contributed by atoms with van der Waals surface area (Å²) in [5.74, 6) is -2.56. The van der Waals surface area contributed by atoms with Crippen molar-refractivity contribution >= 4 is 0 Å². The van der Waals surface area contributed by atoms with Crippen molar-refractivity contribution in [2.45, 2.75) is 30.6 Å². The van der Waals surface area contributed by atoms with E-state index in [1.165, 1.54) is 0 Å². The molecular weight excluding hydrogens is 208 g/mol. The Hall–Kier alpha value is -0.960. The second kappa shape index (κ2) is 2.83. The van der Waals surface area contributed by atoms with Gasteiger partial charge in [-0.2, -0.15) is 0 Å². The summed E-state index contributed by atoms with van der Waals surface area (Å²) >= 11 is 0. The molecule has 0 saturated heterocycles. The number of alkyl halides is 2. The Morgan fingerprint density at radius 1 is 1.12 bits per heavy atom. The lowest BCUT2D eigenvalue weighted by Crippen LogP contribution is -2.35. The molecule has 2 N–H and O–H groups in total. The third kappa shape index (κ3) is 1.02. The largest absolute Gasteiger partial charge is 0.330 e. The highest BCUT2D eigenvalue weighted by Gasteiger charge is 2.81. The average Bonchev–Trinajstić information content (AvgIpc) is 3.16. The smallest absolute Gasteiger partial charge is 0.256 e. The normalized spacial score (nSPS) is 33.4. The molecule has 1 nitrogen and oxygen atoms in total. The van der Waals surface area contributed by atoms with Gasteiger partial charge in [0.05, 0.1) is 5.41 Å². The van der Waals surface area contributed by atoms with Gasteiger partial charge in [-0.3, -0.25) is 0 Å². The fraction of sp³-hybridized carbons (Fsp3) is 0.538. The molecule has 0 radical (unpaired) electrons. The molecule has 1 aromatic carbocycles. The van der Waals surface area contributed by atoms with Gasteiger partial charge in [0.1, 0.15) is 0 Å². The van der Waals surface area contributed by atoms with E-state index in [9.17, 15) is 8.78 Å². The molecule has 3 rings (SSSR count). The summed E-state index contributed by atoms with van der Waals surface area (Å²) in [6.45, 7) is 0.0922. The van der Waals surface area contributed by atoms with Crippen molar-refractivity contribution in [2.24, 2.45) is 11.1 Å². The predicted molar refractivity (Wildman–Crippen MR) is 58.4 cm³/mol. The Morgan fingerprint density at radius 2 is 1.69 bits per heavy atom. The molecule has 1 unspecified atom stereocenters. The van der Waals surface area contributed by atoms with Gasteiger partial charge in [0.15, 0.2) is 0 Å². The molecule has 2 aliphatic carbocycles. The molecule has 0 aliphatic heterocycles. The van der Waals surface area contributed by atoms with Crippen molar-refractivity contribution < 1.29 is 8.78 Å². The van der Waals surface area contributed by atoms with Crippen LogP contribution in [0.25, 0.3) is 0 Å². The highest BCUT2D eigenvalue weighted by Crippen LogP contribution is 2.76. The molecule has 0 aromatic heterocycles. The fourth-order valence-corrected chi connectivity index (χ4v) is 3.20. The van der Waals surface area contributed by atoms with Crippen LogP contribution in [0.2, 0.25) is 0 Å². The van der Waals surface area contributed by atoms with Gasteiger partial charge in [-0.15, -0.1) is 0 Å². The summed E-state index contributed by atoms with van der Waals surface area (Å²) in [6, 6.07) is 9.66. The molecule has 2 fully saturated rings. The van der Waals surface area contributed by atoms with Gasteiger partial charge >= 0.3 is 0 Å². The van der Waals surface area contributed by atoms with Crippen LogP contribution in [0.15, 0.2) is 30.3 Å². The predicted octanol–water partition coefficient (Wildman–Crippen LogP) is 2.70. The summed E-state index contributed by atoms with van der Waals surface area (Å²) in [4.78, 5) is 0. The van der Waals surface area contributed by atoms with Gasteiger partial charge in [-0.05, 0) is 18.4 Å². The lowest BCUT2D eigenvalue weighted by molar-refractivity contribution is 0.0509. The van der Waals surface area contributed by atoms with Gasteiger partial charge in [-0.1, -0.05) is 30.3 Å². The van der Waals surface area contributed by atoms with Gasteiger partial charge in [0.2, 0.25) is 0 Å². The molecule has 0 amide bonds. The van der Waals surface area contributed by atoms with E-state index >= 15 is 0 Å². The van der Waals surface area contributed by atoms with Crippen LogP contribution in [0.3, 0.4) is 0 Å². The monoisotopic (exact) mass is 223 g/mol. The van der Waals surface area contributed by atoms with Gasteiger partial charge in [-0.25, -0.2) is 8.78 Å². The SMILES string of the molecule is NCC1(C2(c3ccccc3)CC2)CC1(F)F. The number of halogens is 2. The van der Waals surface area contributed by atoms with Gasteiger partial charge in [0.25, 0.3) is 5.92 Å². The van der Waals surface area contributed by atoms with Crippen molar-refractivity contribution in [3.63, 3.8) is 0 Å². The highest BCUT2D eigenvalue weighted by atomic mass is 19.3. The topological polar surface area (TPSA) is 26.0 Å². The summed E-state index contributed by atoms with van der Waals surface area (Å²) in [5.41, 5.74) is 5.37. The third-order valence-corrected chi connectivity index (χ3v) is 4.44. The molecule has 2 aliphatic rings. The fourth-order valence-electron chi connectivity index (χ4n) is 3.20. The number of hydrogen-bond acceptors (Lipinski definition) is 1. The average molecular weight is 223 g/mol. The zero-order valence-electron chi connectivity index (χ0n) is 9.05. The molecular formula is C13H15F2N. The van der Waals surface area contributed by atoms with Crippen LogP contribution in [0.1, 0.15) is 24.8 Å². The quantitative estimate of drug-likeness (QED) is 0.837. The second-order valence-corrected chi connectivity index (χ2v) is 5.12. The molecule has 16 heavy (non-hydrogen) atoms. The van der Waals surface area contributed by atoms with E-state index in [0.29, 0.717) is 0 Å². The Labute approximate surface area is 93.6 Å². The van der Waals surface area contributed by atoms with Crippen molar-refractivity contribution in [1.82, 2.24) is 0 Å². The van der Waals surface area contributed by atoms with E-state index in [0.717, 1.165) is 18.4 Å². The molecule has 0 spiro atoms. The number of nitrogens with two attached hydrogens (primary N) is 1. The maximum absolute atomic E-state index is 13.6. The molecule has 2 saturated carbocycles. The van der Waals surface area contributed by atoms with Crippen molar-refractivity contribution in [2.75, 3.05) is 6.54 Å². The lowest BCUT2D eigenvalue weighted by Gasteiger charge is -2.26. The Balaban J connectivity index is 2.02. The first-order valence-electron chi connectivity index (χ1n) is 5.71. The van der Waals surface area contributed by atoms with Crippen LogP contribution < -0.4 is 5.73 Å². The molecule has 1 atom stereocenters. The van der Waals surface area contributed by atoms with E-state index in [1.54, 1.807) is 0 Å². The van der Waals surface area contributed by atoms with Crippen LogP contribution in [0, 0.1) is 5.41 Å². The maximum Gasteiger partial charge on any atom is 0.256 e. The van der Waals surface area contributed by atoms with E-state index in [2.05, 4.69) is 0 Å². The maximum atomic E-state index is 13.6. The van der Waals surface area contributed by atoms with Crippen molar-refractivity contribution in [3.8, 4) is 0 Å². The Bertz CT molecular complexity index is 411. The van der Waals surface area contributed by atoms with E-state index in [-0.39, 0.29) is 18.4 Å². The van der Waals surface area contributed by atoms with Gasteiger partial charge in [0, 0.05) is 18.4 Å². The first-order chi connectivity index (χ1) is 7.58. The zero-order valence-corrected chi connectivity index (χ0v) is 9.05. The number of hydrogen-bond donors (Lipinski definition) is 1. The minimum Gasteiger partial charge on any atom is -0.330 e. The molecule has 1 aromatic rings. The molecule has 0 bridgehead atoms. The standard InChI is InChI=1S/C13H15F2N/c14-13(15)8-12(13,9-16)11(6-7-11)10-4-2-1-3-5-10/h1-5H,6-9,16H2. The molecule has 86 valence electrons. The molecule has 3 heteroatoms. The number of rotatable bonds is 3. The van der Waals surface area contributed by atoms with Gasteiger partial charge < -0.3 is 5.73 Å². The van der Waals surface area contributed by atoms with E-state index < -0.39 is 11.3 Å². The zero-order chi connectivity index (χ0) is 11.4. The Morgan fingerprint density at radius 3 is 2.06 bits per heavy atom. The Kier molecular flexibility index (Phi) is 1.81. The second-order valence-electron chi connectivity index (χ2n) is 5.12. The first kappa shape index (κ1) is 10.2. The summed E-state index contributed by atoms with van der Waals surface area (Å²) in [6.07, 6.45) is 1.67. The van der Waals surface area contributed by atoms with Crippen molar-refractivity contribution in [1.29, 1.82) is 0 Å². The van der Waals surface area contributed by atoms with E-state index in [1.807, 2.05) is 30.3 Å². The summed E-state index contributed by atoms with van der Waals surface area (Å²) in [7, 11) is 0. The lowest BCUT2D eigenvalue weighted by atomic mass is 9.79. The van der Waals surface area contributed by atoms with Crippen LogP contribution in [-0.2, 0) is 5.41 Å². The van der Waals surface area contributed by atoms with Crippen LogP contribution >= 0.6 is 0 Å². The third-order valence-electron chi connectivity index (χ3n) is 4.44. The first-order valence-corrected chi connectivity index (χ1v) is 5.71. The summed E-state index contributed by atoms with van der Waals surface area (Å²) in [5, 5.41) is 0. The van der Waals surface area contributed by atoms with Crippen LogP contribution in [0.5, 0.6) is 0 Å². The van der Waals surface area contributed by atoms with Crippen molar-refractivity contribution in [3.05, 3.63) is 35.9 Å². The number of benzene rings is 1. The van der Waals surface area contributed by atoms with Crippen LogP contribution in [0.4, 0.5) is 8.78 Å². The van der Waals surface area contributed by atoms with E-state index in [4.69, 9.17) is 5.73 Å². The minimum absolute atomic E-state index is 0.0363. The van der Waals surface area contributed by atoms with Crippen LogP contribution in [-0.4, -0.2) is 12.5 Å².